The summed E-state index contributed by atoms with van der Waals surface area (Å²) < 4.78 is 12.9. The fourth-order valence-electron chi connectivity index (χ4n) is 2.21. The van der Waals surface area contributed by atoms with Gasteiger partial charge in [-0.25, -0.2) is 4.39 Å². The lowest BCUT2D eigenvalue weighted by Gasteiger charge is -2.09. The number of nitrogens with zero attached hydrogens (tertiary/aromatic N) is 1. The Kier molecular flexibility index (Phi) is 5.72. The molecule has 21 heavy (non-hydrogen) atoms. The monoisotopic (exact) mass is 292 g/mol. The summed E-state index contributed by atoms with van der Waals surface area (Å²) in [4.78, 5) is 17.1. The summed E-state index contributed by atoms with van der Waals surface area (Å²) in [5.74, 6) is -0.424. The molecule has 1 aromatic rings. The average Bonchev–Trinajstić information content (AvgIpc) is 2.97. The zero-order chi connectivity index (χ0) is 15.1. The maximum absolute atomic E-state index is 12.9. The Morgan fingerprint density at radius 1 is 1.33 bits per heavy atom. The maximum Gasteiger partial charge on any atom is 0.264 e. The second-order valence-electron chi connectivity index (χ2n) is 5.19. The highest BCUT2D eigenvalue weighted by atomic mass is 19.1. The van der Waals surface area contributed by atoms with Gasteiger partial charge in [-0.1, -0.05) is 43.5 Å². The third-order valence-corrected chi connectivity index (χ3v) is 3.47. The molecule has 0 fully saturated rings. The van der Waals surface area contributed by atoms with Crippen LogP contribution in [-0.2, 0) is 9.63 Å². The van der Waals surface area contributed by atoms with Gasteiger partial charge in [0.15, 0.2) is 0 Å². The van der Waals surface area contributed by atoms with Crippen molar-refractivity contribution in [2.75, 3.05) is 6.54 Å². The number of rotatable bonds is 7. The normalized spacial score (nSPS) is 17.2. The van der Waals surface area contributed by atoms with Crippen molar-refractivity contribution in [3.63, 3.8) is 0 Å². The highest BCUT2D eigenvalue weighted by Crippen LogP contribution is 2.17. The zero-order valence-electron chi connectivity index (χ0n) is 12.3. The highest BCUT2D eigenvalue weighted by Gasteiger charge is 2.28. The molecule has 1 aliphatic rings. The summed E-state index contributed by atoms with van der Waals surface area (Å²) in [6, 6.07) is 6.03. The maximum atomic E-state index is 12.9. The molecule has 0 bridgehead atoms. The van der Waals surface area contributed by atoms with Gasteiger partial charge in [-0.2, -0.15) is 0 Å². The van der Waals surface area contributed by atoms with E-state index in [0.29, 0.717) is 18.7 Å². The number of halogens is 1. The molecule has 1 N–H and O–H groups in total. The number of carbonyl (C=O) groups is 1. The van der Waals surface area contributed by atoms with Crippen LogP contribution in [0.2, 0.25) is 0 Å². The lowest BCUT2D eigenvalue weighted by Crippen LogP contribution is -2.35. The minimum atomic E-state index is -0.573. The molecule has 1 aromatic carbocycles. The summed E-state index contributed by atoms with van der Waals surface area (Å²) in [7, 11) is 0. The molecule has 4 nitrogen and oxygen atoms in total. The Hall–Kier alpha value is -1.91. The third-order valence-electron chi connectivity index (χ3n) is 3.47. The van der Waals surface area contributed by atoms with Crippen LogP contribution < -0.4 is 5.32 Å². The van der Waals surface area contributed by atoms with E-state index >= 15 is 0 Å². The van der Waals surface area contributed by atoms with Gasteiger partial charge in [0.1, 0.15) is 5.82 Å². The first kappa shape index (κ1) is 15.5. The van der Waals surface area contributed by atoms with Crippen molar-refractivity contribution in [1.29, 1.82) is 0 Å². The molecular formula is C16H21FN2O2. The number of amides is 1. The average molecular weight is 292 g/mol. The van der Waals surface area contributed by atoms with Gasteiger partial charge in [-0.05, 0) is 24.1 Å². The summed E-state index contributed by atoms with van der Waals surface area (Å²) in [5.41, 5.74) is 1.47. The molecule has 0 saturated heterocycles. The quantitative estimate of drug-likeness (QED) is 0.785. The van der Waals surface area contributed by atoms with Crippen molar-refractivity contribution < 1.29 is 14.0 Å². The van der Waals surface area contributed by atoms with E-state index in [1.54, 1.807) is 12.1 Å². The number of nitrogens with one attached hydrogen (secondary N) is 1. The molecule has 1 amide bonds. The van der Waals surface area contributed by atoms with Crippen molar-refractivity contribution >= 4 is 11.6 Å². The van der Waals surface area contributed by atoms with E-state index < -0.39 is 6.10 Å². The molecule has 114 valence electrons. The molecular weight excluding hydrogens is 271 g/mol. The fraction of sp³-hybridized carbons (Fsp3) is 0.500. The summed E-state index contributed by atoms with van der Waals surface area (Å²) in [6.07, 6.45) is 4.32. The van der Waals surface area contributed by atoms with Crippen LogP contribution in [0.25, 0.3) is 0 Å². The molecule has 5 heteroatoms. The first-order valence-corrected chi connectivity index (χ1v) is 7.47. The third kappa shape index (κ3) is 4.55. The van der Waals surface area contributed by atoms with E-state index in [1.807, 2.05) is 0 Å². The SMILES string of the molecule is CCCCCCNC(=O)[C@H]1CC(c2ccc(F)cc2)=NO1. The zero-order valence-corrected chi connectivity index (χ0v) is 12.3. The lowest BCUT2D eigenvalue weighted by atomic mass is 10.0. The number of benzene rings is 1. The standard InChI is InChI=1S/C16H21FN2O2/c1-2-3-4-5-10-18-16(20)15-11-14(19-21-15)12-6-8-13(17)9-7-12/h6-9,15H,2-5,10-11H2,1H3,(H,18,20)/t15-/m1/s1. The molecule has 1 atom stereocenters. The minimum Gasteiger partial charge on any atom is -0.382 e. The van der Waals surface area contributed by atoms with E-state index in [9.17, 15) is 9.18 Å². The molecule has 0 aromatic heterocycles. The number of carbonyl (C=O) groups excluding carboxylic acids is 1. The Morgan fingerprint density at radius 2 is 2.10 bits per heavy atom. The molecule has 2 rings (SSSR count). The van der Waals surface area contributed by atoms with Gasteiger partial charge in [-0.3, -0.25) is 4.79 Å². The van der Waals surface area contributed by atoms with Crippen molar-refractivity contribution in [2.45, 2.75) is 45.1 Å². The van der Waals surface area contributed by atoms with Crippen LogP contribution in [0.15, 0.2) is 29.4 Å². The molecule has 0 spiro atoms. The number of hydrogen-bond acceptors (Lipinski definition) is 3. The van der Waals surface area contributed by atoms with E-state index in [0.717, 1.165) is 18.4 Å². The van der Waals surface area contributed by atoms with Crippen LogP contribution in [0.5, 0.6) is 0 Å². The topological polar surface area (TPSA) is 50.7 Å². The molecule has 0 unspecified atom stereocenters. The van der Waals surface area contributed by atoms with Gasteiger partial charge in [0, 0.05) is 13.0 Å². The largest absolute Gasteiger partial charge is 0.382 e. The van der Waals surface area contributed by atoms with Gasteiger partial charge >= 0.3 is 0 Å². The van der Waals surface area contributed by atoms with Gasteiger partial charge in [-0.15, -0.1) is 0 Å². The van der Waals surface area contributed by atoms with Crippen LogP contribution >= 0.6 is 0 Å². The number of unbranched alkanes of at least 4 members (excludes halogenated alkanes) is 3. The predicted octanol–water partition coefficient (Wildman–Crippen LogP) is 3.02. The second-order valence-corrected chi connectivity index (χ2v) is 5.19. The van der Waals surface area contributed by atoms with Gasteiger partial charge < -0.3 is 10.2 Å². The van der Waals surface area contributed by atoms with Crippen molar-refractivity contribution in [1.82, 2.24) is 5.32 Å². The Bertz CT molecular complexity index is 500. The Morgan fingerprint density at radius 3 is 2.81 bits per heavy atom. The van der Waals surface area contributed by atoms with Crippen LogP contribution in [-0.4, -0.2) is 24.3 Å². The van der Waals surface area contributed by atoms with E-state index in [1.165, 1.54) is 25.0 Å². The molecule has 1 aliphatic heterocycles. The van der Waals surface area contributed by atoms with Gasteiger partial charge in [0.2, 0.25) is 6.10 Å². The summed E-state index contributed by atoms with van der Waals surface area (Å²) >= 11 is 0. The van der Waals surface area contributed by atoms with Crippen molar-refractivity contribution in [3.8, 4) is 0 Å². The first-order chi connectivity index (χ1) is 10.2. The second kappa shape index (κ2) is 7.76. The van der Waals surface area contributed by atoms with Crippen molar-refractivity contribution in [2.24, 2.45) is 5.16 Å². The van der Waals surface area contributed by atoms with Crippen LogP contribution in [0.1, 0.15) is 44.6 Å². The van der Waals surface area contributed by atoms with Gasteiger partial charge in [0.05, 0.1) is 5.71 Å². The fourth-order valence-corrected chi connectivity index (χ4v) is 2.21. The van der Waals surface area contributed by atoms with Gasteiger partial charge in [0.25, 0.3) is 5.91 Å². The van der Waals surface area contributed by atoms with E-state index in [4.69, 9.17) is 4.84 Å². The first-order valence-electron chi connectivity index (χ1n) is 7.47. The molecule has 0 aliphatic carbocycles. The molecule has 1 heterocycles. The lowest BCUT2D eigenvalue weighted by molar-refractivity contribution is -0.131. The molecule has 0 saturated carbocycles. The Balaban J connectivity index is 1.75. The van der Waals surface area contributed by atoms with E-state index in [2.05, 4.69) is 17.4 Å². The smallest absolute Gasteiger partial charge is 0.264 e. The predicted molar refractivity (Wildman–Crippen MR) is 79.6 cm³/mol. The Labute approximate surface area is 124 Å². The number of hydrogen-bond donors (Lipinski definition) is 1. The minimum absolute atomic E-state index is 0.132. The van der Waals surface area contributed by atoms with Crippen molar-refractivity contribution in [3.05, 3.63) is 35.6 Å². The van der Waals surface area contributed by atoms with Crippen LogP contribution in [0.4, 0.5) is 4.39 Å². The highest BCUT2D eigenvalue weighted by molar-refractivity contribution is 6.04. The molecule has 0 radical (unpaired) electrons. The summed E-state index contributed by atoms with van der Waals surface area (Å²) in [6.45, 7) is 2.82. The van der Waals surface area contributed by atoms with Crippen LogP contribution in [0, 0.1) is 5.82 Å². The van der Waals surface area contributed by atoms with Crippen LogP contribution in [0.3, 0.4) is 0 Å². The summed E-state index contributed by atoms with van der Waals surface area (Å²) in [5, 5.41) is 6.80. The van der Waals surface area contributed by atoms with E-state index in [-0.39, 0.29) is 11.7 Å². The number of oxime groups is 1.